The molecule has 2 aromatic carbocycles. The lowest BCUT2D eigenvalue weighted by molar-refractivity contribution is 0.552. The zero-order valence-electron chi connectivity index (χ0n) is 9.63. The van der Waals surface area contributed by atoms with Gasteiger partial charge in [0.2, 0.25) is 0 Å². The number of nitrogens with one attached hydrogen (secondary N) is 1. The molecule has 6 heteroatoms. The molecule has 1 atom stereocenters. The number of hydrogen-bond donors (Lipinski definition) is 2. The summed E-state index contributed by atoms with van der Waals surface area (Å²) in [5.41, 5.74) is 3.12. The third-order valence-corrected chi connectivity index (χ3v) is 3.68. The third-order valence-electron chi connectivity index (χ3n) is 2.73. The highest BCUT2D eigenvalue weighted by Crippen LogP contribution is 2.32. The van der Waals surface area contributed by atoms with Crippen LogP contribution in [0.3, 0.4) is 0 Å². The van der Waals surface area contributed by atoms with Crippen molar-refractivity contribution < 1.29 is 8.78 Å². The summed E-state index contributed by atoms with van der Waals surface area (Å²) in [5.74, 6) is 4.53. The molecule has 0 bridgehead atoms. The van der Waals surface area contributed by atoms with Crippen molar-refractivity contribution in [1.82, 2.24) is 5.43 Å². The SMILES string of the molecule is NNC(c1cc(F)ccc1Cl)c1cccc(Br)c1F. The van der Waals surface area contributed by atoms with E-state index in [2.05, 4.69) is 21.4 Å². The third kappa shape index (κ3) is 2.95. The number of rotatable bonds is 3. The van der Waals surface area contributed by atoms with E-state index >= 15 is 0 Å². The first kappa shape index (κ1) is 14.4. The largest absolute Gasteiger partial charge is 0.271 e. The summed E-state index contributed by atoms with van der Waals surface area (Å²) in [7, 11) is 0. The van der Waals surface area contributed by atoms with Gasteiger partial charge in [0.15, 0.2) is 0 Å². The first-order valence-corrected chi connectivity index (χ1v) is 6.56. The van der Waals surface area contributed by atoms with Gasteiger partial charge in [0.1, 0.15) is 11.6 Å². The summed E-state index contributed by atoms with van der Waals surface area (Å²) in [6.45, 7) is 0. The lowest BCUT2D eigenvalue weighted by Crippen LogP contribution is -2.30. The van der Waals surface area contributed by atoms with Crippen LogP contribution in [0.4, 0.5) is 8.78 Å². The Morgan fingerprint density at radius 3 is 2.58 bits per heavy atom. The average molecular weight is 348 g/mol. The fraction of sp³-hybridized carbons (Fsp3) is 0.0769. The molecule has 2 aromatic rings. The van der Waals surface area contributed by atoms with Crippen molar-refractivity contribution in [3.05, 3.63) is 68.7 Å². The van der Waals surface area contributed by atoms with Crippen molar-refractivity contribution in [2.45, 2.75) is 6.04 Å². The Morgan fingerprint density at radius 2 is 1.89 bits per heavy atom. The number of hydrazine groups is 1. The zero-order valence-corrected chi connectivity index (χ0v) is 12.0. The van der Waals surface area contributed by atoms with Crippen LogP contribution in [0, 0.1) is 11.6 Å². The molecule has 100 valence electrons. The Bertz CT molecular complexity index is 605. The molecule has 19 heavy (non-hydrogen) atoms. The summed E-state index contributed by atoms with van der Waals surface area (Å²) in [4.78, 5) is 0. The van der Waals surface area contributed by atoms with Gasteiger partial charge in [-0.15, -0.1) is 0 Å². The van der Waals surface area contributed by atoms with Gasteiger partial charge >= 0.3 is 0 Å². The van der Waals surface area contributed by atoms with Gasteiger partial charge in [0, 0.05) is 10.6 Å². The molecule has 2 nitrogen and oxygen atoms in total. The first-order valence-electron chi connectivity index (χ1n) is 5.39. The van der Waals surface area contributed by atoms with Crippen LogP contribution in [0.1, 0.15) is 17.2 Å². The number of benzene rings is 2. The van der Waals surface area contributed by atoms with E-state index in [1.807, 2.05) is 0 Å². The molecule has 0 spiro atoms. The topological polar surface area (TPSA) is 38.0 Å². The predicted molar refractivity (Wildman–Crippen MR) is 74.7 cm³/mol. The molecule has 0 saturated carbocycles. The highest BCUT2D eigenvalue weighted by atomic mass is 79.9. The fourth-order valence-corrected chi connectivity index (χ4v) is 2.43. The average Bonchev–Trinajstić information content (AvgIpc) is 2.39. The molecule has 1 unspecified atom stereocenters. The van der Waals surface area contributed by atoms with Gasteiger partial charge in [-0.05, 0) is 45.8 Å². The van der Waals surface area contributed by atoms with E-state index in [0.717, 1.165) is 0 Å². The van der Waals surface area contributed by atoms with Crippen molar-refractivity contribution in [3.63, 3.8) is 0 Å². The summed E-state index contributed by atoms with van der Waals surface area (Å²) in [6, 6.07) is 7.93. The van der Waals surface area contributed by atoms with E-state index in [9.17, 15) is 8.78 Å². The maximum atomic E-state index is 14.1. The molecule has 0 aromatic heterocycles. The highest BCUT2D eigenvalue weighted by Gasteiger charge is 2.20. The molecule has 2 rings (SSSR count). The Morgan fingerprint density at radius 1 is 1.16 bits per heavy atom. The van der Waals surface area contributed by atoms with Gasteiger partial charge in [-0.1, -0.05) is 23.7 Å². The minimum atomic E-state index is -0.735. The van der Waals surface area contributed by atoms with Crippen molar-refractivity contribution in [2.75, 3.05) is 0 Å². The summed E-state index contributed by atoms with van der Waals surface area (Å²) < 4.78 is 27.7. The van der Waals surface area contributed by atoms with Crippen molar-refractivity contribution >= 4 is 27.5 Å². The number of nitrogens with two attached hydrogens (primary N) is 1. The summed E-state index contributed by atoms with van der Waals surface area (Å²) >= 11 is 9.11. The van der Waals surface area contributed by atoms with Crippen LogP contribution in [-0.4, -0.2) is 0 Å². The van der Waals surface area contributed by atoms with E-state index in [1.165, 1.54) is 18.2 Å². The molecular formula is C13H10BrClF2N2. The smallest absolute Gasteiger partial charge is 0.142 e. The van der Waals surface area contributed by atoms with Gasteiger partial charge in [-0.25, -0.2) is 14.2 Å². The van der Waals surface area contributed by atoms with Crippen molar-refractivity contribution in [1.29, 1.82) is 0 Å². The minimum Gasteiger partial charge on any atom is -0.271 e. The van der Waals surface area contributed by atoms with Crippen LogP contribution in [0.2, 0.25) is 5.02 Å². The molecule has 3 N–H and O–H groups in total. The maximum Gasteiger partial charge on any atom is 0.142 e. The Balaban J connectivity index is 2.56. The van der Waals surface area contributed by atoms with E-state index in [4.69, 9.17) is 17.4 Å². The second-order valence-corrected chi connectivity index (χ2v) is 5.17. The monoisotopic (exact) mass is 346 g/mol. The van der Waals surface area contributed by atoms with Crippen LogP contribution in [0.25, 0.3) is 0 Å². The molecule has 0 aliphatic heterocycles. The summed E-state index contributed by atoms with van der Waals surface area (Å²) in [6.07, 6.45) is 0. The molecule has 0 saturated heterocycles. The van der Waals surface area contributed by atoms with E-state index in [1.54, 1.807) is 18.2 Å². The van der Waals surface area contributed by atoms with Gasteiger partial charge < -0.3 is 0 Å². The quantitative estimate of drug-likeness (QED) is 0.652. The van der Waals surface area contributed by atoms with E-state index < -0.39 is 17.7 Å². The van der Waals surface area contributed by atoms with Gasteiger partial charge in [0.05, 0.1) is 10.5 Å². The summed E-state index contributed by atoms with van der Waals surface area (Å²) in [5, 5.41) is 0.309. The predicted octanol–water partition coefficient (Wildman–Crippen LogP) is 3.93. The lowest BCUT2D eigenvalue weighted by atomic mass is 9.98. The Hall–Kier alpha value is -1.01. The molecule has 0 aliphatic carbocycles. The van der Waals surface area contributed by atoms with Crippen molar-refractivity contribution in [2.24, 2.45) is 5.84 Å². The molecule has 0 heterocycles. The van der Waals surface area contributed by atoms with Gasteiger partial charge in [-0.3, -0.25) is 5.84 Å². The maximum absolute atomic E-state index is 14.1. The zero-order chi connectivity index (χ0) is 14.0. The minimum absolute atomic E-state index is 0.282. The van der Waals surface area contributed by atoms with Crippen LogP contribution in [-0.2, 0) is 0 Å². The lowest BCUT2D eigenvalue weighted by Gasteiger charge is -2.19. The molecule has 0 radical (unpaired) electrons. The van der Waals surface area contributed by atoms with Crippen molar-refractivity contribution in [3.8, 4) is 0 Å². The molecule has 0 fully saturated rings. The normalized spacial score (nSPS) is 12.5. The molecule has 0 aliphatic rings. The second kappa shape index (κ2) is 5.96. The van der Waals surface area contributed by atoms with Crippen LogP contribution < -0.4 is 11.3 Å². The number of halogens is 4. The molecular weight excluding hydrogens is 338 g/mol. The fourth-order valence-electron chi connectivity index (χ4n) is 1.83. The van der Waals surface area contributed by atoms with E-state index in [-0.39, 0.29) is 5.56 Å². The Labute approximate surface area is 122 Å². The van der Waals surface area contributed by atoms with Gasteiger partial charge in [-0.2, -0.15) is 0 Å². The van der Waals surface area contributed by atoms with Gasteiger partial charge in [0.25, 0.3) is 0 Å². The van der Waals surface area contributed by atoms with Crippen LogP contribution in [0.15, 0.2) is 40.9 Å². The second-order valence-electron chi connectivity index (χ2n) is 3.91. The van der Waals surface area contributed by atoms with Crippen LogP contribution >= 0.6 is 27.5 Å². The van der Waals surface area contributed by atoms with Crippen LogP contribution in [0.5, 0.6) is 0 Å². The first-order chi connectivity index (χ1) is 9.04. The standard InChI is InChI=1S/C13H10BrClF2N2/c14-10-3-1-2-8(12(10)17)13(19-18)9-6-7(16)4-5-11(9)15/h1-6,13,19H,18H2. The Kier molecular flexibility index (Phi) is 4.52. The highest BCUT2D eigenvalue weighted by molar-refractivity contribution is 9.10. The van der Waals surface area contributed by atoms with E-state index in [0.29, 0.717) is 15.1 Å². The molecule has 0 amide bonds. The number of hydrogen-bond acceptors (Lipinski definition) is 2.